The monoisotopic (exact) mass is 275 g/mol. The lowest BCUT2D eigenvalue weighted by atomic mass is 9.79. The van der Waals surface area contributed by atoms with Gasteiger partial charge in [-0.05, 0) is 23.8 Å². The number of nitrogens with one attached hydrogen (secondary N) is 1. The lowest BCUT2D eigenvalue weighted by Gasteiger charge is -2.34. The number of amides is 1. The maximum Gasteiger partial charge on any atom is 0.306 e. The summed E-state index contributed by atoms with van der Waals surface area (Å²) in [7, 11) is 0. The normalized spacial score (nSPS) is 21.9. The summed E-state index contributed by atoms with van der Waals surface area (Å²) in [6.07, 6.45) is 1.50. The Labute approximate surface area is 119 Å². The molecule has 0 radical (unpaired) electrons. The van der Waals surface area contributed by atoms with Crippen LogP contribution in [0.1, 0.15) is 38.7 Å². The summed E-state index contributed by atoms with van der Waals surface area (Å²) < 4.78 is 0. The van der Waals surface area contributed by atoms with E-state index in [9.17, 15) is 9.59 Å². The van der Waals surface area contributed by atoms with Crippen molar-refractivity contribution in [2.24, 2.45) is 5.92 Å². The van der Waals surface area contributed by atoms with Gasteiger partial charge in [0.25, 0.3) is 0 Å². The van der Waals surface area contributed by atoms with Gasteiger partial charge in [-0.1, -0.05) is 44.2 Å². The highest BCUT2D eigenvalue weighted by molar-refractivity contribution is 5.78. The van der Waals surface area contributed by atoms with E-state index >= 15 is 0 Å². The van der Waals surface area contributed by atoms with E-state index in [-0.39, 0.29) is 23.3 Å². The van der Waals surface area contributed by atoms with E-state index in [1.165, 1.54) is 0 Å². The van der Waals surface area contributed by atoms with Crippen molar-refractivity contribution in [2.75, 3.05) is 0 Å². The van der Waals surface area contributed by atoms with Crippen LogP contribution in [0.5, 0.6) is 0 Å². The molecule has 20 heavy (non-hydrogen) atoms. The zero-order chi connectivity index (χ0) is 14.8. The molecule has 0 aromatic heterocycles. The molecule has 1 saturated carbocycles. The van der Waals surface area contributed by atoms with Crippen LogP contribution in [0.25, 0.3) is 0 Å². The Balaban J connectivity index is 1.84. The van der Waals surface area contributed by atoms with E-state index in [1.807, 2.05) is 44.2 Å². The Hall–Kier alpha value is -1.84. The van der Waals surface area contributed by atoms with E-state index in [4.69, 9.17) is 5.11 Å². The predicted molar refractivity (Wildman–Crippen MR) is 76.4 cm³/mol. The quantitative estimate of drug-likeness (QED) is 0.866. The fraction of sp³-hybridized carbons (Fsp3) is 0.500. The van der Waals surface area contributed by atoms with Gasteiger partial charge in [-0.3, -0.25) is 9.59 Å². The van der Waals surface area contributed by atoms with Crippen molar-refractivity contribution in [1.29, 1.82) is 0 Å². The molecule has 2 N–H and O–H groups in total. The molecule has 1 fully saturated rings. The summed E-state index contributed by atoms with van der Waals surface area (Å²) >= 11 is 0. The Morgan fingerprint density at radius 3 is 2.40 bits per heavy atom. The molecule has 4 heteroatoms. The summed E-state index contributed by atoms with van der Waals surface area (Å²) in [5, 5.41) is 11.7. The van der Waals surface area contributed by atoms with Crippen molar-refractivity contribution in [3.63, 3.8) is 0 Å². The van der Waals surface area contributed by atoms with Gasteiger partial charge >= 0.3 is 5.97 Å². The van der Waals surface area contributed by atoms with E-state index in [1.54, 1.807) is 0 Å². The number of carbonyl (C=O) groups is 2. The van der Waals surface area contributed by atoms with Gasteiger partial charge in [0.05, 0.1) is 5.92 Å². The summed E-state index contributed by atoms with van der Waals surface area (Å²) in [5.74, 6) is -1.06. The maximum atomic E-state index is 12.1. The number of aliphatic carboxylic acids is 1. The van der Waals surface area contributed by atoms with Crippen LogP contribution in [0.4, 0.5) is 0 Å². The van der Waals surface area contributed by atoms with Gasteiger partial charge in [-0.2, -0.15) is 0 Å². The van der Waals surface area contributed by atoms with Crippen LogP contribution in [0.2, 0.25) is 0 Å². The van der Waals surface area contributed by atoms with Crippen LogP contribution in [-0.2, 0) is 15.0 Å². The first-order chi connectivity index (χ1) is 9.38. The van der Waals surface area contributed by atoms with Gasteiger partial charge in [0.2, 0.25) is 5.91 Å². The number of carboxylic acids is 1. The fourth-order valence-corrected chi connectivity index (χ4v) is 2.61. The van der Waals surface area contributed by atoms with Crippen LogP contribution < -0.4 is 5.32 Å². The zero-order valence-corrected chi connectivity index (χ0v) is 11.9. The van der Waals surface area contributed by atoms with Crippen molar-refractivity contribution >= 4 is 11.9 Å². The molecule has 0 atom stereocenters. The topological polar surface area (TPSA) is 66.4 Å². The van der Waals surface area contributed by atoms with Crippen molar-refractivity contribution in [3.8, 4) is 0 Å². The molecule has 1 aliphatic carbocycles. The summed E-state index contributed by atoms with van der Waals surface area (Å²) in [6, 6.07) is 9.97. The molecule has 0 heterocycles. The number of benzene rings is 1. The minimum atomic E-state index is -0.764. The summed E-state index contributed by atoms with van der Waals surface area (Å²) in [6.45, 7) is 4.09. The van der Waals surface area contributed by atoms with Crippen molar-refractivity contribution in [3.05, 3.63) is 35.9 Å². The second-order valence-electron chi connectivity index (χ2n) is 6.20. The summed E-state index contributed by atoms with van der Waals surface area (Å²) in [4.78, 5) is 22.8. The third kappa shape index (κ3) is 3.38. The van der Waals surface area contributed by atoms with Crippen LogP contribution in [0, 0.1) is 5.92 Å². The second-order valence-corrected chi connectivity index (χ2v) is 6.20. The van der Waals surface area contributed by atoms with E-state index in [0.717, 1.165) is 5.56 Å². The molecule has 0 aliphatic heterocycles. The molecule has 0 unspecified atom stereocenters. The number of hydrogen-bond acceptors (Lipinski definition) is 2. The van der Waals surface area contributed by atoms with Gasteiger partial charge in [-0.15, -0.1) is 0 Å². The Morgan fingerprint density at radius 1 is 1.25 bits per heavy atom. The van der Waals surface area contributed by atoms with Gasteiger partial charge in [0.1, 0.15) is 0 Å². The molecule has 1 aliphatic rings. The van der Waals surface area contributed by atoms with E-state index in [2.05, 4.69) is 5.32 Å². The highest BCUT2D eigenvalue weighted by Gasteiger charge is 2.36. The van der Waals surface area contributed by atoms with Crippen LogP contribution in [0.3, 0.4) is 0 Å². The molecule has 1 aromatic rings. The van der Waals surface area contributed by atoms with Gasteiger partial charge in [0.15, 0.2) is 0 Å². The lowest BCUT2D eigenvalue weighted by Crippen LogP contribution is -2.47. The average Bonchev–Trinajstić information content (AvgIpc) is 2.33. The van der Waals surface area contributed by atoms with Crippen molar-refractivity contribution in [1.82, 2.24) is 5.32 Å². The Kier molecular flexibility index (Phi) is 4.12. The van der Waals surface area contributed by atoms with Gasteiger partial charge < -0.3 is 10.4 Å². The largest absolute Gasteiger partial charge is 0.481 e. The minimum absolute atomic E-state index is 0.00677. The van der Waals surface area contributed by atoms with Crippen molar-refractivity contribution < 1.29 is 14.7 Å². The molecule has 0 bridgehead atoms. The Bertz CT molecular complexity index is 490. The Morgan fingerprint density at radius 2 is 1.85 bits per heavy atom. The average molecular weight is 275 g/mol. The standard InChI is InChI=1S/C16H21NO3/c1-16(2,12-6-4-3-5-7-12)10-14(18)17-13-8-11(9-13)15(19)20/h3-7,11,13H,8-10H2,1-2H3,(H,17,18)(H,19,20). The first kappa shape index (κ1) is 14.6. The highest BCUT2D eigenvalue weighted by atomic mass is 16.4. The zero-order valence-electron chi connectivity index (χ0n) is 11.9. The van der Waals surface area contributed by atoms with Crippen LogP contribution >= 0.6 is 0 Å². The molecule has 4 nitrogen and oxygen atoms in total. The SMILES string of the molecule is CC(C)(CC(=O)NC1CC(C(=O)O)C1)c1ccccc1. The van der Waals surface area contributed by atoms with Crippen LogP contribution in [0.15, 0.2) is 30.3 Å². The van der Waals surface area contributed by atoms with E-state index in [0.29, 0.717) is 19.3 Å². The number of carboxylic acid groups (broad SMARTS) is 1. The second kappa shape index (κ2) is 5.65. The van der Waals surface area contributed by atoms with E-state index < -0.39 is 5.97 Å². The fourth-order valence-electron chi connectivity index (χ4n) is 2.61. The lowest BCUT2D eigenvalue weighted by molar-refractivity contribution is -0.146. The number of carbonyl (C=O) groups excluding carboxylic acids is 1. The molecule has 0 saturated heterocycles. The molecular formula is C16H21NO3. The minimum Gasteiger partial charge on any atom is -0.481 e. The van der Waals surface area contributed by atoms with Gasteiger partial charge in [0, 0.05) is 12.5 Å². The predicted octanol–water partition coefficient (Wildman–Crippen LogP) is 2.33. The molecule has 2 rings (SSSR count). The molecule has 108 valence electrons. The van der Waals surface area contributed by atoms with Gasteiger partial charge in [-0.25, -0.2) is 0 Å². The maximum absolute atomic E-state index is 12.1. The third-order valence-electron chi connectivity index (χ3n) is 4.01. The molecule has 1 aromatic carbocycles. The third-order valence-corrected chi connectivity index (χ3v) is 4.01. The van der Waals surface area contributed by atoms with Crippen LogP contribution in [-0.4, -0.2) is 23.0 Å². The first-order valence-corrected chi connectivity index (χ1v) is 6.96. The summed E-state index contributed by atoms with van der Waals surface area (Å²) in [5.41, 5.74) is 0.911. The molecule has 0 spiro atoms. The number of hydrogen-bond donors (Lipinski definition) is 2. The molecule has 1 amide bonds. The smallest absolute Gasteiger partial charge is 0.306 e. The van der Waals surface area contributed by atoms with Crippen molar-refractivity contribution in [2.45, 2.75) is 44.6 Å². The first-order valence-electron chi connectivity index (χ1n) is 6.96. The molecular weight excluding hydrogens is 254 g/mol. The number of rotatable bonds is 5. The highest BCUT2D eigenvalue weighted by Crippen LogP contribution is 2.29.